The number of hydrogen-bond acceptors (Lipinski definition) is 6. The molecule has 0 unspecified atom stereocenters. The molecule has 1 N–H and O–H groups in total. The molecule has 0 aliphatic heterocycles. The molecule has 0 atom stereocenters. The van der Waals surface area contributed by atoms with Gasteiger partial charge in [-0.15, -0.1) is 10.2 Å². The van der Waals surface area contributed by atoms with Crippen molar-refractivity contribution in [1.29, 1.82) is 0 Å². The first-order chi connectivity index (χ1) is 11.9. The van der Waals surface area contributed by atoms with E-state index in [4.69, 9.17) is 4.42 Å². The number of furan rings is 1. The van der Waals surface area contributed by atoms with Gasteiger partial charge < -0.3 is 4.42 Å². The van der Waals surface area contributed by atoms with Crippen LogP contribution in [0.3, 0.4) is 0 Å². The Balaban J connectivity index is 1.56. The molecule has 0 aliphatic rings. The second kappa shape index (κ2) is 7.28. The number of alkyl halides is 3. The number of anilines is 1. The topological polar surface area (TPSA) is 68.0 Å². The molecule has 1 aromatic carbocycles. The Morgan fingerprint density at radius 3 is 2.60 bits per heavy atom. The number of nitrogens with one attached hydrogen (secondary N) is 1. The highest BCUT2D eigenvalue weighted by molar-refractivity contribution is 8.00. The molecular formula is C15H10F3N3O2S2. The Bertz CT molecular complexity index is 846. The maximum atomic E-state index is 12.5. The van der Waals surface area contributed by atoms with Crippen molar-refractivity contribution in [2.45, 2.75) is 16.3 Å². The smallest absolute Gasteiger partial charge is 0.416 e. The zero-order valence-electron chi connectivity index (χ0n) is 12.4. The highest BCUT2D eigenvalue weighted by Crippen LogP contribution is 2.31. The van der Waals surface area contributed by atoms with Crippen molar-refractivity contribution < 1.29 is 22.4 Å². The van der Waals surface area contributed by atoms with Crippen LogP contribution >= 0.6 is 23.1 Å². The van der Waals surface area contributed by atoms with Crippen LogP contribution in [0.5, 0.6) is 0 Å². The molecule has 0 saturated heterocycles. The van der Waals surface area contributed by atoms with Crippen molar-refractivity contribution in [2.24, 2.45) is 0 Å². The van der Waals surface area contributed by atoms with Crippen molar-refractivity contribution in [1.82, 2.24) is 10.2 Å². The number of carbonyl (C=O) groups is 1. The van der Waals surface area contributed by atoms with Crippen molar-refractivity contribution in [3.05, 3.63) is 59.5 Å². The summed E-state index contributed by atoms with van der Waals surface area (Å²) in [6, 6.07) is 8.07. The summed E-state index contributed by atoms with van der Waals surface area (Å²) in [5.74, 6) is 0.174. The summed E-state index contributed by atoms with van der Waals surface area (Å²) in [7, 11) is 0. The van der Waals surface area contributed by atoms with E-state index in [1.54, 1.807) is 6.07 Å². The summed E-state index contributed by atoms with van der Waals surface area (Å²) >= 11 is 2.49. The molecular weight excluding hydrogens is 375 g/mol. The molecule has 25 heavy (non-hydrogen) atoms. The van der Waals surface area contributed by atoms with Crippen LogP contribution in [-0.2, 0) is 11.9 Å². The van der Waals surface area contributed by atoms with Gasteiger partial charge in [0.25, 0.3) is 5.91 Å². The van der Waals surface area contributed by atoms with Gasteiger partial charge in [0.1, 0.15) is 0 Å². The molecule has 2 aromatic heterocycles. The highest BCUT2D eigenvalue weighted by atomic mass is 32.2. The number of benzene rings is 1. The first-order valence-electron chi connectivity index (χ1n) is 6.89. The number of hydrogen-bond donors (Lipinski definition) is 1. The van der Waals surface area contributed by atoms with Crippen molar-refractivity contribution in [2.75, 3.05) is 5.32 Å². The zero-order chi connectivity index (χ0) is 17.9. The molecule has 130 valence electrons. The third kappa shape index (κ3) is 4.60. The molecule has 3 aromatic rings. The van der Waals surface area contributed by atoms with Gasteiger partial charge in [0.15, 0.2) is 10.1 Å². The minimum absolute atomic E-state index is 0.161. The van der Waals surface area contributed by atoms with E-state index in [0.717, 1.165) is 17.7 Å². The summed E-state index contributed by atoms with van der Waals surface area (Å²) in [4.78, 5) is 11.8. The maximum Gasteiger partial charge on any atom is 0.416 e. The fourth-order valence-corrected chi connectivity index (χ4v) is 3.52. The van der Waals surface area contributed by atoms with Gasteiger partial charge >= 0.3 is 6.18 Å². The molecule has 0 spiro atoms. The van der Waals surface area contributed by atoms with Crippen LogP contribution in [0.25, 0.3) is 0 Å². The highest BCUT2D eigenvalue weighted by Gasteiger charge is 2.29. The van der Waals surface area contributed by atoms with Crippen LogP contribution in [0.15, 0.2) is 51.4 Å². The summed E-state index contributed by atoms with van der Waals surface area (Å²) in [6.45, 7) is 0. The summed E-state index contributed by atoms with van der Waals surface area (Å²) in [6.07, 6.45) is -2.95. The second-order valence-corrected chi connectivity index (χ2v) is 6.99. The van der Waals surface area contributed by atoms with E-state index < -0.39 is 17.6 Å². The first-order valence-corrected chi connectivity index (χ1v) is 8.69. The molecule has 3 rings (SSSR count). The van der Waals surface area contributed by atoms with E-state index in [1.165, 1.54) is 47.6 Å². The maximum absolute atomic E-state index is 12.5. The lowest BCUT2D eigenvalue weighted by Crippen LogP contribution is -2.10. The summed E-state index contributed by atoms with van der Waals surface area (Å²) in [5.41, 5.74) is 0.0504. The Morgan fingerprint density at radius 2 is 1.96 bits per heavy atom. The fraction of sp³-hybridized carbons (Fsp3) is 0.133. The standard InChI is InChI=1S/C15H10F3N3O2S2/c16-15(17,18)10-5-3-9(4-6-10)8-24-14-21-20-13(25-14)19-12(22)11-2-1-7-23-11/h1-7H,8H2,(H,19,20,22). The van der Waals surface area contributed by atoms with Crippen LogP contribution in [-0.4, -0.2) is 16.1 Å². The average Bonchev–Trinajstić information content (AvgIpc) is 3.24. The van der Waals surface area contributed by atoms with Crippen LogP contribution in [0.4, 0.5) is 18.3 Å². The van der Waals surface area contributed by atoms with E-state index in [-0.39, 0.29) is 5.76 Å². The van der Waals surface area contributed by atoms with Gasteiger partial charge in [-0.05, 0) is 29.8 Å². The van der Waals surface area contributed by atoms with Crippen LogP contribution in [0.2, 0.25) is 0 Å². The average molecular weight is 385 g/mol. The third-order valence-electron chi connectivity index (χ3n) is 3.02. The monoisotopic (exact) mass is 385 g/mol. The number of amides is 1. The quantitative estimate of drug-likeness (QED) is 0.510. The zero-order valence-corrected chi connectivity index (χ0v) is 14.0. The molecule has 2 heterocycles. The second-order valence-electron chi connectivity index (χ2n) is 4.79. The number of thioether (sulfide) groups is 1. The summed E-state index contributed by atoms with van der Waals surface area (Å²) in [5, 5.41) is 10.7. The minimum Gasteiger partial charge on any atom is -0.459 e. The lowest BCUT2D eigenvalue weighted by atomic mass is 10.1. The number of aromatic nitrogens is 2. The Morgan fingerprint density at radius 1 is 1.20 bits per heavy atom. The van der Waals surface area contributed by atoms with E-state index in [1.807, 2.05) is 0 Å². The fourth-order valence-electron chi connectivity index (χ4n) is 1.82. The Hall–Kier alpha value is -2.33. The molecule has 10 heteroatoms. The minimum atomic E-state index is -4.34. The SMILES string of the molecule is O=C(Nc1nnc(SCc2ccc(C(F)(F)F)cc2)s1)c1ccco1. The molecule has 0 fully saturated rings. The number of nitrogens with zero attached hydrogens (tertiary/aromatic N) is 2. The van der Waals surface area contributed by atoms with E-state index in [2.05, 4.69) is 15.5 Å². The lowest BCUT2D eigenvalue weighted by Gasteiger charge is -2.06. The van der Waals surface area contributed by atoms with Gasteiger partial charge in [-0.25, -0.2) is 0 Å². The van der Waals surface area contributed by atoms with Gasteiger partial charge in [-0.1, -0.05) is 35.2 Å². The predicted octanol–water partition coefficient (Wildman–Crippen LogP) is 4.69. The van der Waals surface area contributed by atoms with E-state index in [0.29, 0.717) is 15.2 Å². The van der Waals surface area contributed by atoms with Gasteiger partial charge in [0.05, 0.1) is 11.8 Å². The van der Waals surface area contributed by atoms with Crippen LogP contribution < -0.4 is 5.32 Å². The van der Waals surface area contributed by atoms with Gasteiger partial charge in [-0.3, -0.25) is 10.1 Å². The largest absolute Gasteiger partial charge is 0.459 e. The number of halogens is 3. The molecule has 0 bridgehead atoms. The number of rotatable bonds is 5. The van der Waals surface area contributed by atoms with Crippen molar-refractivity contribution >= 4 is 34.1 Å². The molecule has 5 nitrogen and oxygen atoms in total. The van der Waals surface area contributed by atoms with Crippen LogP contribution in [0, 0.1) is 0 Å². The molecule has 0 aliphatic carbocycles. The van der Waals surface area contributed by atoms with Gasteiger partial charge in [0, 0.05) is 5.75 Å². The first kappa shape index (κ1) is 17.5. The van der Waals surface area contributed by atoms with Crippen molar-refractivity contribution in [3.8, 4) is 0 Å². The normalized spacial score (nSPS) is 11.5. The molecule has 0 saturated carbocycles. The van der Waals surface area contributed by atoms with Crippen molar-refractivity contribution in [3.63, 3.8) is 0 Å². The van der Waals surface area contributed by atoms with Gasteiger partial charge in [0.2, 0.25) is 5.13 Å². The Labute approximate surface area is 148 Å². The van der Waals surface area contributed by atoms with Crippen LogP contribution in [0.1, 0.15) is 21.7 Å². The van der Waals surface area contributed by atoms with Gasteiger partial charge in [-0.2, -0.15) is 13.2 Å². The Kier molecular flexibility index (Phi) is 5.09. The summed E-state index contributed by atoms with van der Waals surface area (Å²) < 4.78 is 43.1. The molecule has 0 radical (unpaired) electrons. The van der Waals surface area contributed by atoms with E-state index in [9.17, 15) is 18.0 Å². The number of carbonyl (C=O) groups excluding carboxylic acids is 1. The predicted molar refractivity (Wildman–Crippen MR) is 87.6 cm³/mol. The van der Waals surface area contributed by atoms with E-state index >= 15 is 0 Å². The third-order valence-corrected chi connectivity index (χ3v) is 5.06. The molecule has 1 amide bonds. The lowest BCUT2D eigenvalue weighted by molar-refractivity contribution is -0.137.